The van der Waals surface area contributed by atoms with Crippen LogP contribution in [0.1, 0.15) is 23.0 Å². The number of pyridine rings is 1. The second kappa shape index (κ2) is 6.08. The van der Waals surface area contributed by atoms with Gasteiger partial charge in [-0.25, -0.2) is 4.98 Å². The summed E-state index contributed by atoms with van der Waals surface area (Å²) in [5, 5.41) is 2.78. The Bertz CT molecular complexity index is 488. The molecule has 1 aromatic rings. The molecule has 1 heterocycles. The molecule has 0 bridgehead atoms. The summed E-state index contributed by atoms with van der Waals surface area (Å²) in [5.74, 6) is -0.979. The number of carbonyl (C=O) groups excluding carboxylic acids is 1. The lowest BCUT2D eigenvalue weighted by Gasteiger charge is -2.20. The minimum atomic E-state index is -4.57. The van der Waals surface area contributed by atoms with Gasteiger partial charge in [0, 0.05) is 12.6 Å². The van der Waals surface area contributed by atoms with Crippen LogP contribution in [0.3, 0.4) is 0 Å². The smallest absolute Gasteiger partial charge is 0.366 e. The average molecular weight is 290 g/mol. The number of nitrogens with zero attached hydrogens (tertiary/aromatic N) is 2. The number of halogens is 3. The van der Waals surface area contributed by atoms with Crippen LogP contribution in [-0.2, 0) is 6.18 Å². The number of hydrogen-bond donors (Lipinski definition) is 2. The maximum absolute atomic E-state index is 12.6. The predicted molar refractivity (Wildman–Crippen MR) is 69.4 cm³/mol. The largest absolute Gasteiger partial charge is 0.433 e. The predicted octanol–water partition coefficient (Wildman–Crippen LogP) is 1.56. The number of amides is 1. The Morgan fingerprint density at radius 1 is 1.45 bits per heavy atom. The Hall–Kier alpha value is -1.83. The van der Waals surface area contributed by atoms with Crippen molar-refractivity contribution in [3.63, 3.8) is 0 Å². The van der Waals surface area contributed by atoms with Gasteiger partial charge in [-0.15, -0.1) is 0 Å². The number of nitrogens with one attached hydrogen (secondary N) is 1. The third-order valence-electron chi connectivity index (χ3n) is 2.47. The van der Waals surface area contributed by atoms with Crippen molar-refractivity contribution in [2.75, 3.05) is 26.0 Å². The zero-order valence-corrected chi connectivity index (χ0v) is 11.5. The number of hydrogen-bond acceptors (Lipinski definition) is 4. The van der Waals surface area contributed by atoms with Gasteiger partial charge in [0.05, 0.1) is 5.56 Å². The number of primary amides is 1. The van der Waals surface area contributed by atoms with Gasteiger partial charge in [-0.3, -0.25) is 4.79 Å². The first-order valence-corrected chi connectivity index (χ1v) is 5.90. The SMILES string of the molecule is CC(CN(C)C)Nc1nc(C(F)(F)F)ccc1C(N)=O. The number of alkyl halides is 3. The summed E-state index contributed by atoms with van der Waals surface area (Å²) in [4.78, 5) is 16.6. The van der Waals surface area contributed by atoms with Gasteiger partial charge in [0.2, 0.25) is 0 Å². The van der Waals surface area contributed by atoms with Crippen molar-refractivity contribution < 1.29 is 18.0 Å². The van der Waals surface area contributed by atoms with E-state index in [1.54, 1.807) is 6.92 Å². The van der Waals surface area contributed by atoms with Crippen molar-refractivity contribution in [1.29, 1.82) is 0 Å². The number of aromatic nitrogens is 1. The fourth-order valence-corrected chi connectivity index (χ4v) is 1.75. The lowest BCUT2D eigenvalue weighted by atomic mass is 10.2. The first kappa shape index (κ1) is 16.2. The van der Waals surface area contributed by atoms with Gasteiger partial charge in [0.25, 0.3) is 5.91 Å². The third-order valence-corrected chi connectivity index (χ3v) is 2.47. The van der Waals surface area contributed by atoms with Crippen LogP contribution >= 0.6 is 0 Å². The fourth-order valence-electron chi connectivity index (χ4n) is 1.75. The zero-order valence-electron chi connectivity index (χ0n) is 11.5. The Balaban J connectivity index is 3.09. The molecule has 8 heteroatoms. The Labute approximate surface area is 115 Å². The average Bonchev–Trinajstić information content (AvgIpc) is 2.25. The van der Waals surface area contributed by atoms with E-state index in [1.807, 2.05) is 19.0 Å². The minimum absolute atomic E-state index is 0.0661. The van der Waals surface area contributed by atoms with E-state index in [0.29, 0.717) is 6.54 Å². The molecular weight excluding hydrogens is 273 g/mol. The molecular formula is C12H17F3N4O. The van der Waals surface area contributed by atoms with Crippen molar-refractivity contribution in [1.82, 2.24) is 9.88 Å². The molecule has 5 nitrogen and oxygen atoms in total. The van der Waals surface area contributed by atoms with Crippen molar-refractivity contribution in [2.24, 2.45) is 5.73 Å². The zero-order chi connectivity index (χ0) is 15.5. The first-order valence-electron chi connectivity index (χ1n) is 5.90. The second-order valence-electron chi connectivity index (χ2n) is 4.76. The molecule has 0 fully saturated rings. The molecule has 0 saturated carbocycles. The van der Waals surface area contributed by atoms with Gasteiger partial charge in [-0.05, 0) is 33.2 Å². The van der Waals surface area contributed by atoms with Crippen molar-refractivity contribution in [2.45, 2.75) is 19.1 Å². The van der Waals surface area contributed by atoms with E-state index in [4.69, 9.17) is 5.73 Å². The summed E-state index contributed by atoms with van der Waals surface area (Å²) in [6, 6.07) is 1.57. The van der Waals surface area contributed by atoms with Crippen LogP contribution in [0.15, 0.2) is 12.1 Å². The van der Waals surface area contributed by atoms with Crippen LogP contribution in [0, 0.1) is 0 Å². The van der Waals surface area contributed by atoms with Gasteiger partial charge >= 0.3 is 6.18 Å². The standard InChI is InChI=1S/C12H17F3N4O/c1-7(6-19(2)3)17-11-8(10(16)20)4-5-9(18-11)12(13,14)15/h4-5,7H,6H2,1-3H3,(H2,16,20)(H,17,18). The number of likely N-dealkylation sites (N-methyl/N-ethyl adjacent to an activating group) is 1. The van der Waals surface area contributed by atoms with E-state index in [0.717, 1.165) is 12.1 Å². The van der Waals surface area contributed by atoms with Crippen LogP contribution in [-0.4, -0.2) is 42.5 Å². The quantitative estimate of drug-likeness (QED) is 0.863. The topological polar surface area (TPSA) is 71.2 Å². The molecule has 0 aromatic carbocycles. The molecule has 0 aliphatic carbocycles. The number of rotatable bonds is 5. The van der Waals surface area contributed by atoms with Crippen LogP contribution in [0.4, 0.5) is 19.0 Å². The summed E-state index contributed by atoms with van der Waals surface area (Å²) in [5.41, 5.74) is 4.01. The lowest BCUT2D eigenvalue weighted by Crippen LogP contribution is -2.31. The summed E-state index contributed by atoms with van der Waals surface area (Å²) < 4.78 is 37.9. The van der Waals surface area contributed by atoms with Crippen LogP contribution < -0.4 is 11.1 Å². The highest BCUT2D eigenvalue weighted by molar-refractivity contribution is 5.97. The van der Waals surface area contributed by atoms with Crippen molar-refractivity contribution in [3.05, 3.63) is 23.4 Å². The number of nitrogens with two attached hydrogens (primary N) is 1. The Kier molecular flexibility index (Phi) is 4.93. The van der Waals surface area contributed by atoms with E-state index in [9.17, 15) is 18.0 Å². The maximum atomic E-state index is 12.6. The molecule has 1 aromatic heterocycles. The first-order chi connectivity index (χ1) is 9.11. The van der Waals surface area contributed by atoms with Crippen molar-refractivity contribution in [3.8, 4) is 0 Å². The normalized spacial score (nSPS) is 13.3. The molecule has 0 aliphatic rings. The maximum Gasteiger partial charge on any atom is 0.433 e. The van der Waals surface area contributed by atoms with Crippen LogP contribution in [0.2, 0.25) is 0 Å². The van der Waals surface area contributed by atoms with E-state index in [1.165, 1.54) is 0 Å². The highest BCUT2D eigenvalue weighted by Crippen LogP contribution is 2.29. The Morgan fingerprint density at radius 2 is 2.05 bits per heavy atom. The second-order valence-corrected chi connectivity index (χ2v) is 4.76. The molecule has 0 aliphatic heterocycles. The molecule has 1 amide bonds. The minimum Gasteiger partial charge on any atom is -0.366 e. The molecule has 112 valence electrons. The van der Waals surface area contributed by atoms with E-state index in [-0.39, 0.29) is 17.4 Å². The molecule has 1 rings (SSSR count). The summed E-state index contributed by atoms with van der Waals surface area (Å²) in [6.45, 7) is 2.34. The monoisotopic (exact) mass is 290 g/mol. The molecule has 3 N–H and O–H groups in total. The molecule has 0 radical (unpaired) electrons. The van der Waals surface area contributed by atoms with Crippen molar-refractivity contribution >= 4 is 11.7 Å². The van der Waals surface area contributed by atoms with Crippen LogP contribution in [0.25, 0.3) is 0 Å². The summed E-state index contributed by atoms with van der Waals surface area (Å²) in [7, 11) is 3.65. The van der Waals surface area contributed by atoms with Gasteiger partial charge in [-0.2, -0.15) is 13.2 Å². The lowest BCUT2D eigenvalue weighted by molar-refractivity contribution is -0.141. The molecule has 0 saturated heterocycles. The fraction of sp³-hybridized carbons (Fsp3) is 0.500. The van der Waals surface area contributed by atoms with E-state index in [2.05, 4.69) is 10.3 Å². The third kappa shape index (κ3) is 4.37. The van der Waals surface area contributed by atoms with Gasteiger partial charge in [0.1, 0.15) is 11.5 Å². The van der Waals surface area contributed by atoms with Crippen LogP contribution in [0.5, 0.6) is 0 Å². The van der Waals surface area contributed by atoms with Gasteiger partial charge < -0.3 is 16.0 Å². The van der Waals surface area contributed by atoms with E-state index < -0.39 is 17.8 Å². The van der Waals surface area contributed by atoms with Gasteiger partial charge in [-0.1, -0.05) is 0 Å². The number of anilines is 1. The molecule has 20 heavy (non-hydrogen) atoms. The van der Waals surface area contributed by atoms with Gasteiger partial charge in [0.15, 0.2) is 0 Å². The molecule has 0 spiro atoms. The summed E-state index contributed by atoms with van der Waals surface area (Å²) in [6.07, 6.45) is -4.57. The molecule has 1 atom stereocenters. The summed E-state index contributed by atoms with van der Waals surface area (Å²) >= 11 is 0. The van der Waals surface area contributed by atoms with E-state index >= 15 is 0 Å². The highest BCUT2D eigenvalue weighted by Gasteiger charge is 2.33. The molecule has 1 unspecified atom stereocenters. The number of carbonyl (C=O) groups is 1. The Morgan fingerprint density at radius 3 is 2.50 bits per heavy atom. The highest BCUT2D eigenvalue weighted by atomic mass is 19.4.